The van der Waals surface area contributed by atoms with Crippen LogP contribution in [0, 0.1) is 10.8 Å². The Bertz CT molecular complexity index is 313. The van der Waals surface area contributed by atoms with Gasteiger partial charge in [0.05, 0.1) is 0 Å². The highest BCUT2D eigenvalue weighted by Gasteiger charge is 2.30. The molecule has 0 amide bonds. The van der Waals surface area contributed by atoms with Crippen LogP contribution in [0.15, 0.2) is 22.8 Å². The second kappa shape index (κ2) is 4.39. The van der Waals surface area contributed by atoms with Crippen LogP contribution in [0.4, 0.5) is 0 Å². The molecule has 92 valence electrons. The van der Waals surface area contributed by atoms with Gasteiger partial charge in [0.2, 0.25) is 0 Å². The maximum atomic E-state index is 2.48. The van der Waals surface area contributed by atoms with Gasteiger partial charge in [-0.05, 0) is 29.2 Å². The van der Waals surface area contributed by atoms with Crippen LogP contribution in [0.25, 0.3) is 0 Å². The molecule has 0 saturated carbocycles. The SMILES string of the molecule is CCCC1=CC(C(C)(C)C)=C(C(C)(C)C)C1. The van der Waals surface area contributed by atoms with Crippen molar-refractivity contribution in [2.75, 3.05) is 0 Å². The van der Waals surface area contributed by atoms with Crippen LogP contribution in [0.3, 0.4) is 0 Å². The van der Waals surface area contributed by atoms with Gasteiger partial charge in [-0.25, -0.2) is 0 Å². The summed E-state index contributed by atoms with van der Waals surface area (Å²) in [5.41, 5.74) is 5.48. The summed E-state index contributed by atoms with van der Waals surface area (Å²) in [5, 5.41) is 0. The third-order valence-electron chi connectivity index (χ3n) is 3.36. The molecule has 0 aliphatic heterocycles. The molecule has 0 fully saturated rings. The highest BCUT2D eigenvalue weighted by Crippen LogP contribution is 2.45. The smallest absolute Gasteiger partial charge is 0.00939 e. The van der Waals surface area contributed by atoms with Gasteiger partial charge in [0.25, 0.3) is 0 Å². The standard InChI is InChI=1S/C16H28/c1-8-9-12-10-13(15(2,3)4)14(11-12)16(5,6)7/h10H,8-9,11H2,1-7H3. The van der Waals surface area contributed by atoms with Gasteiger partial charge in [-0.3, -0.25) is 0 Å². The molecular weight excluding hydrogens is 192 g/mol. The maximum absolute atomic E-state index is 2.48. The molecule has 0 radical (unpaired) electrons. The molecule has 0 nitrogen and oxygen atoms in total. The minimum Gasteiger partial charge on any atom is -0.0658 e. The van der Waals surface area contributed by atoms with E-state index < -0.39 is 0 Å². The highest BCUT2D eigenvalue weighted by atomic mass is 14.4. The Kier molecular flexibility index (Phi) is 3.72. The average molecular weight is 220 g/mol. The molecule has 1 aliphatic rings. The summed E-state index contributed by atoms with van der Waals surface area (Å²) in [4.78, 5) is 0. The third kappa shape index (κ3) is 2.99. The molecule has 1 aliphatic carbocycles. The van der Waals surface area contributed by atoms with Crippen LogP contribution in [0.1, 0.15) is 67.7 Å². The van der Waals surface area contributed by atoms with Crippen LogP contribution < -0.4 is 0 Å². The lowest BCUT2D eigenvalue weighted by atomic mass is 9.76. The van der Waals surface area contributed by atoms with E-state index in [-0.39, 0.29) is 5.41 Å². The molecule has 0 aromatic heterocycles. The first-order valence-corrected chi connectivity index (χ1v) is 6.60. The molecule has 0 aromatic rings. The van der Waals surface area contributed by atoms with Crippen molar-refractivity contribution in [1.29, 1.82) is 0 Å². The predicted molar refractivity (Wildman–Crippen MR) is 73.5 cm³/mol. The molecule has 0 bridgehead atoms. The largest absolute Gasteiger partial charge is 0.0658 e. The van der Waals surface area contributed by atoms with Gasteiger partial charge in [-0.1, -0.05) is 72.1 Å². The first-order valence-electron chi connectivity index (χ1n) is 6.60. The van der Waals surface area contributed by atoms with Crippen molar-refractivity contribution in [3.05, 3.63) is 22.8 Å². The number of hydrogen-bond donors (Lipinski definition) is 0. The van der Waals surface area contributed by atoms with E-state index in [1.165, 1.54) is 19.3 Å². The molecule has 0 heteroatoms. The van der Waals surface area contributed by atoms with E-state index in [9.17, 15) is 0 Å². The lowest BCUT2D eigenvalue weighted by Crippen LogP contribution is -2.16. The van der Waals surface area contributed by atoms with E-state index in [4.69, 9.17) is 0 Å². The quantitative estimate of drug-likeness (QED) is 0.576. The maximum Gasteiger partial charge on any atom is -0.00939 e. The van der Waals surface area contributed by atoms with Gasteiger partial charge in [-0.15, -0.1) is 0 Å². The van der Waals surface area contributed by atoms with Crippen LogP contribution in [-0.4, -0.2) is 0 Å². The Morgan fingerprint density at radius 3 is 1.88 bits per heavy atom. The molecule has 1 rings (SSSR count). The Morgan fingerprint density at radius 1 is 1.00 bits per heavy atom. The monoisotopic (exact) mass is 220 g/mol. The summed E-state index contributed by atoms with van der Waals surface area (Å²) in [6.07, 6.45) is 6.22. The van der Waals surface area contributed by atoms with Crippen molar-refractivity contribution in [3.63, 3.8) is 0 Å². The van der Waals surface area contributed by atoms with E-state index in [1.807, 2.05) is 0 Å². The van der Waals surface area contributed by atoms with Crippen LogP contribution >= 0.6 is 0 Å². The molecule has 0 atom stereocenters. The zero-order valence-corrected chi connectivity index (χ0v) is 12.2. The van der Waals surface area contributed by atoms with Gasteiger partial charge in [-0.2, -0.15) is 0 Å². The fraction of sp³-hybridized carbons (Fsp3) is 0.750. The van der Waals surface area contributed by atoms with E-state index >= 15 is 0 Å². The Balaban J connectivity index is 3.07. The van der Waals surface area contributed by atoms with Crippen molar-refractivity contribution in [2.24, 2.45) is 10.8 Å². The second-order valence-electron chi connectivity index (χ2n) is 7.12. The summed E-state index contributed by atoms with van der Waals surface area (Å²) >= 11 is 0. The van der Waals surface area contributed by atoms with Gasteiger partial charge in [0.1, 0.15) is 0 Å². The fourth-order valence-electron chi connectivity index (χ4n) is 2.48. The molecule has 0 aromatic carbocycles. The van der Waals surface area contributed by atoms with E-state index in [0.717, 1.165) is 0 Å². The summed E-state index contributed by atoms with van der Waals surface area (Å²) in [6.45, 7) is 16.3. The van der Waals surface area contributed by atoms with Crippen molar-refractivity contribution in [3.8, 4) is 0 Å². The molecule has 0 N–H and O–H groups in total. The zero-order chi connectivity index (χ0) is 12.6. The van der Waals surface area contributed by atoms with Crippen LogP contribution in [0.5, 0.6) is 0 Å². The van der Waals surface area contributed by atoms with Crippen LogP contribution in [0.2, 0.25) is 0 Å². The summed E-state index contributed by atoms with van der Waals surface area (Å²) in [7, 11) is 0. The fourth-order valence-corrected chi connectivity index (χ4v) is 2.48. The van der Waals surface area contributed by atoms with E-state index in [0.29, 0.717) is 5.41 Å². The minimum absolute atomic E-state index is 0.290. The first-order chi connectivity index (χ1) is 7.16. The molecule has 0 unspecified atom stereocenters. The van der Waals surface area contributed by atoms with Gasteiger partial charge in [0, 0.05) is 0 Å². The number of allylic oxidation sites excluding steroid dienone is 4. The highest BCUT2D eigenvalue weighted by molar-refractivity contribution is 5.44. The Hall–Kier alpha value is -0.520. The van der Waals surface area contributed by atoms with Crippen LogP contribution in [-0.2, 0) is 0 Å². The third-order valence-corrected chi connectivity index (χ3v) is 3.36. The van der Waals surface area contributed by atoms with Crippen molar-refractivity contribution in [2.45, 2.75) is 67.7 Å². The molecule has 16 heavy (non-hydrogen) atoms. The molecular formula is C16H28. The molecule has 0 spiro atoms. The second-order valence-corrected chi connectivity index (χ2v) is 7.12. The summed E-state index contributed by atoms with van der Waals surface area (Å²) < 4.78 is 0. The lowest BCUT2D eigenvalue weighted by Gasteiger charge is -2.29. The minimum atomic E-state index is 0.290. The molecule has 0 saturated heterocycles. The van der Waals surface area contributed by atoms with Gasteiger partial charge >= 0.3 is 0 Å². The molecule has 0 heterocycles. The zero-order valence-electron chi connectivity index (χ0n) is 12.2. The van der Waals surface area contributed by atoms with E-state index in [1.54, 1.807) is 16.7 Å². The Morgan fingerprint density at radius 2 is 1.56 bits per heavy atom. The summed E-state index contributed by atoms with van der Waals surface area (Å²) in [5.74, 6) is 0. The predicted octanol–water partition coefficient (Wildman–Crippen LogP) is 5.51. The van der Waals surface area contributed by atoms with Crippen molar-refractivity contribution in [1.82, 2.24) is 0 Å². The normalized spacial score (nSPS) is 18.1. The number of hydrogen-bond acceptors (Lipinski definition) is 0. The lowest BCUT2D eigenvalue weighted by molar-refractivity contribution is 0.451. The topological polar surface area (TPSA) is 0 Å². The van der Waals surface area contributed by atoms with Gasteiger partial charge in [0.15, 0.2) is 0 Å². The van der Waals surface area contributed by atoms with Crippen molar-refractivity contribution < 1.29 is 0 Å². The Labute approximate surface area is 102 Å². The first kappa shape index (κ1) is 13.5. The summed E-state index contributed by atoms with van der Waals surface area (Å²) in [6, 6.07) is 0. The van der Waals surface area contributed by atoms with Gasteiger partial charge < -0.3 is 0 Å². The number of rotatable bonds is 2. The average Bonchev–Trinajstić information content (AvgIpc) is 2.47. The van der Waals surface area contributed by atoms with E-state index in [2.05, 4.69) is 54.5 Å². The van der Waals surface area contributed by atoms with Crippen molar-refractivity contribution >= 4 is 0 Å².